The molecule has 1 aromatic heterocycles. The quantitative estimate of drug-likeness (QED) is 0.785. The summed E-state index contributed by atoms with van der Waals surface area (Å²) in [5.74, 6) is 0.932. The van der Waals surface area contributed by atoms with Crippen molar-refractivity contribution in [3.8, 4) is 5.88 Å². The molecule has 3 fully saturated rings. The first-order valence-electron chi connectivity index (χ1n) is 6.23. The highest BCUT2D eigenvalue weighted by atomic mass is 19.1. The van der Waals surface area contributed by atoms with Gasteiger partial charge in [-0.15, -0.1) is 0 Å². The van der Waals surface area contributed by atoms with E-state index in [9.17, 15) is 4.39 Å². The lowest BCUT2D eigenvalue weighted by atomic mass is 9.86. The normalized spacial score (nSPS) is 31.5. The third-order valence-electron chi connectivity index (χ3n) is 3.89. The summed E-state index contributed by atoms with van der Waals surface area (Å²) >= 11 is 0. The van der Waals surface area contributed by atoms with Crippen molar-refractivity contribution in [3.05, 3.63) is 23.6 Å². The zero-order valence-electron chi connectivity index (χ0n) is 10.0. The molecule has 0 radical (unpaired) electrons. The van der Waals surface area contributed by atoms with Crippen LogP contribution in [0.3, 0.4) is 0 Å². The number of hydrogen-bond donors (Lipinski definition) is 0. The van der Waals surface area contributed by atoms with Gasteiger partial charge < -0.3 is 4.74 Å². The summed E-state index contributed by atoms with van der Waals surface area (Å²) in [7, 11) is 0. The minimum Gasteiger partial charge on any atom is -0.473 e. The Kier molecular flexibility index (Phi) is 2.74. The zero-order chi connectivity index (χ0) is 11.8. The topological polar surface area (TPSA) is 25.4 Å². The first-order valence-corrected chi connectivity index (χ1v) is 6.23. The number of piperidine rings is 3. The van der Waals surface area contributed by atoms with Gasteiger partial charge in [0.25, 0.3) is 0 Å². The minimum absolute atomic E-state index is 0.231. The predicted molar refractivity (Wildman–Crippen MR) is 62.5 cm³/mol. The van der Waals surface area contributed by atoms with E-state index >= 15 is 0 Å². The Labute approximate surface area is 101 Å². The van der Waals surface area contributed by atoms with E-state index in [1.807, 2.05) is 0 Å². The van der Waals surface area contributed by atoms with Crippen LogP contribution in [-0.4, -0.2) is 35.6 Å². The average Bonchev–Trinajstić information content (AvgIpc) is 2.35. The molecule has 0 N–H and O–H groups in total. The monoisotopic (exact) mass is 236 g/mol. The Morgan fingerprint density at radius 2 is 2.18 bits per heavy atom. The molecule has 3 nitrogen and oxygen atoms in total. The van der Waals surface area contributed by atoms with Crippen LogP contribution in [0.5, 0.6) is 5.88 Å². The number of rotatable bonds is 2. The van der Waals surface area contributed by atoms with Gasteiger partial charge in [-0.3, -0.25) is 4.90 Å². The van der Waals surface area contributed by atoms with Crippen LogP contribution in [0.4, 0.5) is 4.39 Å². The number of pyridine rings is 1. The Balaban J connectivity index is 1.72. The van der Waals surface area contributed by atoms with Crippen molar-refractivity contribution >= 4 is 0 Å². The molecule has 4 heteroatoms. The number of fused-ring (bicyclic) bond motifs is 3. The number of aryl methyl sites for hydroxylation is 1. The van der Waals surface area contributed by atoms with Crippen molar-refractivity contribution < 1.29 is 9.13 Å². The molecular formula is C13H17FN2O. The molecule has 3 aliphatic rings. The Hall–Kier alpha value is -1.16. The molecule has 3 aliphatic heterocycles. The molecule has 0 aliphatic carbocycles. The Bertz CT molecular complexity index is 416. The van der Waals surface area contributed by atoms with Crippen LogP contribution in [0.1, 0.15) is 18.4 Å². The van der Waals surface area contributed by atoms with Crippen LogP contribution in [0, 0.1) is 18.7 Å². The summed E-state index contributed by atoms with van der Waals surface area (Å²) in [4.78, 5) is 6.43. The summed E-state index contributed by atoms with van der Waals surface area (Å²) < 4.78 is 19.0. The van der Waals surface area contributed by atoms with Crippen molar-refractivity contribution in [2.75, 3.05) is 19.6 Å². The molecule has 3 saturated heterocycles. The maximum Gasteiger partial charge on any atom is 0.213 e. The molecule has 4 rings (SSSR count). The first kappa shape index (κ1) is 11.0. The summed E-state index contributed by atoms with van der Waals surface area (Å²) in [6, 6.07) is 1.69. The minimum atomic E-state index is -0.272. The molecule has 1 unspecified atom stereocenters. The number of hydrogen-bond acceptors (Lipinski definition) is 3. The lowest BCUT2D eigenvalue weighted by Crippen LogP contribution is -2.52. The van der Waals surface area contributed by atoms with Gasteiger partial charge in [-0.1, -0.05) is 0 Å². The summed E-state index contributed by atoms with van der Waals surface area (Å²) in [6.07, 6.45) is 3.90. The predicted octanol–water partition coefficient (Wildman–Crippen LogP) is 2.00. The molecule has 0 amide bonds. The SMILES string of the molecule is Cc1cc(OC2CN3CCC2CC3)ncc1F. The molecule has 1 aromatic rings. The van der Waals surface area contributed by atoms with Gasteiger partial charge in [0.1, 0.15) is 11.9 Å². The molecule has 0 spiro atoms. The van der Waals surface area contributed by atoms with E-state index < -0.39 is 0 Å². The lowest BCUT2D eigenvalue weighted by Gasteiger charge is -2.44. The molecule has 4 heterocycles. The number of halogens is 1. The Morgan fingerprint density at radius 1 is 1.41 bits per heavy atom. The summed E-state index contributed by atoms with van der Waals surface area (Å²) in [6.45, 7) is 5.12. The van der Waals surface area contributed by atoms with Crippen molar-refractivity contribution in [2.45, 2.75) is 25.9 Å². The highest BCUT2D eigenvalue weighted by Gasteiger charge is 2.35. The van der Waals surface area contributed by atoms with Crippen molar-refractivity contribution in [2.24, 2.45) is 5.92 Å². The molecule has 1 atom stereocenters. The molecule has 0 aromatic carbocycles. The fourth-order valence-electron chi connectivity index (χ4n) is 2.78. The third kappa shape index (κ3) is 2.14. The standard InChI is InChI=1S/C13H17FN2O/c1-9-6-13(15-7-11(9)14)17-12-8-16-4-2-10(12)3-5-16/h6-7,10,12H,2-5,8H2,1H3. The third-order valence-corrected chi connectivity index (χ3v) is 3.89. The highest BCUT2D eigenvalue weighted by molar-refractivity contribution is 5.21. The number of ether oxygens (including phenoxy) is 1. The molecule has 92 valence electrons. The second-order valence-corrected chi connectivity index (χ2v) is 5.07. The van der Waals surface area contributed by atoms with Crippen molar-refractivity contribution in [3.63, 3.8) is 0 Å². The second kappa shape index (κ2) is 4.26. The van der Waals surface area contributed by atoms with Crippen LogP contribution < -0.4 is 4.74 Å². The van der Waals surface area contributed by atoms with Crippen LogP contribution >= 0.6 is 0 Å². The summed E-state index contributed by atoms with van der Waals surface area (Å²) in [5.41, 5.74) is 0.594. The number of nitrogens with zero attached hydrogens (tertiary/aromatic N) is 2. The van der Waals surface area contributed by atoms with Crippen LogP contribution in [0.15, 0.2) is 12.3 Å². The molecular weight excluding hydrogens is 219 g/mol. The van der Waals surface area contributed by atoms with Gasteiger partial charge in [0.05, 0.1) is 6.20 Å². The number of aromatic nitrogens is 1. The van der Waals surface area contributed by atoms with E-state index in [2.05, 4.69) is 9.88 Å². The van der Waals surface area contributed by atoms with E-state index in [0.29, 0.717) is 17.4 Å². The summed E-state index contributed by atoms with van der Waals surface area (Å²) in [5, 5.41) is 0. The van der Waals surface area contributed by atoms with E-state index in [1.165, 1.54) is 32.1 Å². The van der Waals surface area contributed by atoms with E-state index in [-0.39, 0.29) is 11.9 Å². The molecule has 0 saturated carbocycles. The van der Waals surface area contributed by atoms with Gasteiger partial charge in [0.2, 0.25) is 5.88 Å². The smallest absolute Gasteiger partial charge is 0.213 e. The van der Waals surface area contributed by atoms with Gasteiger partial charge >= 0.3 is 0 Å². The maximum atomic E-state index is 13.1. The van der Waals surface area contributed by atoms with E-state index in [0.717, 1.165) is 6.54 Å². The van der Waals surface area contributed by atoms with Gasteiger partial charge in [0.15, 0.2) is 0 Å². The fourth-order valence-corrected chi connectivity index (χ4v) is 2.78. The highest BCUT2D eigenvalue weighted by Crippen LogP contribution is 2.30. The zero-order valence-corrected chi connectivity index (χ0v) is 10.0. The van der Waals surface area contributed by atoms with Crippen LogP contribution in [-0.2, 0) is 0 Å². The van der Waals surface area contributed by atoms with Crippen LogP contribution in [0.2, 0.25) is 0 Å². The van der Waals surface area contributed by atoms with Gasteiger partial charge in [-0.2, -0.15) is 0 Å². The molecule has 17 heavy (non-hydrogen) atoms. The van der Waals surface area contributed by atoms with E-state index in [1.54, 1.807) is 13.0 Å². The lowest BCUT2D eigenvalue weighted by molar-refractivity contribution is -0.0100. The molecule has 2 bridgehead atoms. The van der Waals surface area contributed by atoms with Gasteiger partial charge in [-0.05, 0) is 44.3 Å². The van der Waals surface area contributed by atoms with E-state index in [4.69, 9.17) is 4.74 Å². The Morgan fingerprint density at radius 3 is 2.76 bits per heavy atom. The van der Waals surface area contributed by atoms with Gasteiger partial charge in [0, 0.05) is 12.6 Å². The largest absolute Gasteiger partial charge is 0.473 e. The second-order valence-electron chi connectivity index (χ2n) is 5.07. The first-order chi connectivity index (χ1) is 8.22. The van der Waals surface area contributed by atoms with Crippen molar-refractivity contribution in [1.82, 2.24) is 9.88 Å². The maximum absolute atomic E-state index is 13.1. The van der Waals surface area contributed by atoms with Gasteiger partial charge in [-0.25, -0.2) is 9.37 Å². The average molecular weight is 236 g/mol. The fraction of sp³-hybridized carbons (Fsp3) is 0.615. The van der Waals surface area contributed by atoms with Crippen LogP contribution in [0.25, 0.3) is 0 Å². The van der Waals surface area contributed by atoms with Crippen molar-refractivity contribution in [1.29, 1.82) is 0 Å².